The Morgan fingerprint density at radius 2 is 1.24 bits per heavy atom. The molecule has 0 radical (unpaired) electrons. The fraction of sp³-hybridized carbons (Fsp3) is 0.370. The number of hydrogen-bond acceptors (Lipinski definition) is 5. The Hall–Kier alpha value is -5.21. The van der Waals surface area contributed by atoms with Crippen molar-refractivity contribution in [1.29, 1.82) is 0 Å². The molecule has 2 aliphatic heterocycles. The molecule has 0 N–H and O–H groups in total. The molecule has 1 unspecified atom stereocenters. The van der Waals surface area contributed by atoms with Gasteiger partial charge in [0.25, 0.3) is 0 Å². The first kappa shape index (κ1) is 38.5. The Balaban J connectivity index is 1.25. The van der Waals surface area contributed by atoms with E-state index in [9.17, 15) is 14.4 Å². The number of nitrogens with zero attached hydrogens (tertiary/aromatic N) is 5. The highest BCUT2D eigenvalue weighted by Gasteiger charge is 2.34. The van der Waals surface area contributed by atoms with Gasteiger partial charge in [0.2, 0.25) is 17.7 Å². The smallest absolute Gasteiger partial charge is 0.247 e. The molecule has 6 rings (SSSR count). The summed E-state index contributed by atoms with van der Waals surface area (Å²) in [6.07, 6.45) is 3.90. The molecule has 4 aromatic carbocycles. The molecular formula is C46H55N5O3. The normalized spacial score (nSPS) is 16.0. The van der Waals surface area contributed by atoms with Gasteiger partial charge >= 0.3 is 0 Å². The Morgan fingerprint density at radius 3 is 1.81 bits per heavy atom. The van der Waals surface area contributed by atoms with Crippen molar-refractivity contribution in [3.8, 4) is 0 Å². The van der Waals surface area contributed by atoms with Crippen LogP contribution in [0.4, 0.5) is 5.69 Å². The third kappa shape index (κ3) is 10.3. The van der Waals surface area contributed by atoms with Crippen LogP contribution in [-0.2, 0) is 39.3 Å². The summed E-state index contributed by atoms with van der Waals surface area (Å²) in [5.74, 6) is -0.106. The van der Waals surface area contributed by atoms with Crippen LogP contribution in [0.25, 0.3) is 6.08 Å². The van der Waals surface area contributed by atoms with Gasteiger partial charge in [-0.15, -0.1) is 0 Å². The molecule has 4 aromatic rings. The molecule has 282 valence electrons. The number of benzene rings is 4. The fourth-order valence-corrected chi connectivity index (χ4v) is 7.33. The van der Waals surface area contributed by atoms with Crippen LogP contribution in [-0.4, -0.2) is 95.7 Å². The lowest BCUT2D eigenvalue weighted by Gasteiger charge is -2.39. The zero-order chi connectivity index (χ0) is 38.1. The molecule has 0 aromatic heterocycles. The van der Waals surface area contributed by atoms with Crippen molar-refractivity contribution in [2.75, 3.05) is 57.3 Å². The molecule has 2 fully saturated rings. The minimum Gasteiger partial charge on any atom is -0.368 e. The van der Waals surface area contributed by atoms with E-state index in [1.165, 1.54) is 11.1 Å². The molecule has 0 aliphatic carbocycles. The summed E-state index contributed by atoms with van der Waals surface area (Å²) in [4.78, 5) is 51.3. The fourth-order valence-electron chi connectivity index (χ4n) is 7.33. The average Bonchev–Trinajstić information content (AvgIpc) is 3.19. The van der Waals surface area contributed by atoms with Gasteiger partial charge in [0.05, 0.1) is 0 Å². The number of piperazine rings is 2. The molecule has 0 saturated carbocycles. The summed E-state index contributed by atoms with van der Waals surface area (Å²) in [6, 6.07) is 36.4. The number of carbonyl (C=O) groups excluding carboxylic acids is 3. The molecule has 0 bridgehead atoms. The van der Waals surface area contributed by atoms with E-state index in [1.807, 2.05) is 64.4 Å². The van der Waals surface area contributed by atoms with Gasteiger partial charge in [-0.25, -0.2) is 0 Å². The molecule has 2 saturated heterocycles. The molecule has 1 atom stereocenters. The average molecular weight is 726 g/mol. The van der Waals surface area contributed by atoms with Crippen molar-refractivity contribution in [2.45, 2.75) is 58.7 Å². The zero-order valence-electron chi connectivity index (χ0n) is 32.4. The highest BCUT2D eigenvalue weighted by atomic mass is 16.2. The third-order valence-corrected chi connectivity index (χ3v) is 10.7. The Morgan fingerprint density at radius 1 is 0.667 bits per heavy atom. The van der Waals surface area contributed by atoms with Gasteiger partial charge in [0.1, 0.15) is 6.04 Å². The van der Waals surface area contributed by atoms with Gasteiger partial charge in [-0.05, 0) is 51.4 Å². The number of hydrogen-bond donors (Lipinski definition) is 0. The van der Waals surface area contributed by atoms with Gasteiger partial charge in [-0.2, -0.15) is 0 Å². The van der Waals surface area contributed by atoms with Gasteiger partial charge in [0.15, 0.2) is 0 Å². The second-order valence-corrected chi connectivity index (χ2v) is 15.6. The van der Waals surface area contributed by atoms with Crippen molar-refractivity contribution in [3.63, 3.8) is 0 Å². The maximum Gasteiger partial charge on any atom is 0.247 e. The van der Waals surface area contributed by atoms with Crippen LogP contribution in [0, 0.1) is 0 Å². The van der Waals surface area contributed by atoms with E-state index in [4.69, 9.17) is 0 Å². The summed E-state index contributed by atoms with van der Waals surface area (Å²) >= 11 is 0. The largest absolute Gasteiger partial charge is 0.368 e. The van der Waals surface area contributed by atoms with Gasteiger partial charge in [0, 0.05) is 90.6 Å². The maximum atomic E-state index is 14.7. The van der Waals surface area contributed by atoms with Crippen molar-refractivity contribution in [3.05, 3.63) is 143 Å². The minimum atomic E-state index is -0.687. The third-order valence-electron chi connectivity index (χ3n) is 10.7. The SMILES string of the molecule is CC(=O)N1CCN(c2ccc(CN(C(=O)C=Cc3ccc(C(C)(C)C)cc3)C(Cc3ccccc3)C(=O)N3CCN(Cc4ccccc4)CC3)cc2)CC1. The monoisotopic (exact) mass is 725 g/mol. The molecule has 2 aliphatic rings. The second-order valence-electron chi connectivity index (χ2n) is 15.6. The quantitative estimate of drug-likeness (QED) is 0.162. The Bertz CT molecular complexity index is 1850. The van der Waals surface area contributed by atoms with Crippen molar-refractivity contribution in [1.82, 2.24) is 19.6 Å². The van der Waals surface area contributed by atoms with Crippen LogP contribution < -0.4 is 4.90 Å². The summed E-state index contributed by atoms with van der Waals surface area (Å²) in [7, 11) is 0. The maximum absolute atomic E-state index is 14.7. The van der Waals surface area contributed by atoms with Crippen molar-refractivity contribution >= 4 is 29.5 Å². The predicted octanol–water partition coefficient (Wildman–Crippen LogP) is 6.65. The summed E-state index contributed by atoms with van der Waals surface area (Å²) < 4.78 is 0. The molecule has 0 spiro atoms. The highest BCUT2D eigenvalue weighted by molar-refractivity contribution is 5.96. The topological polar surface area (TPSA) is 67.4 Å². The molecule has 8 nitrogen and oxygen atoms in total. The van der Waals surface area contributed by atoms with E-state index in [0.29, 0.717) is 39.1 Å². The van der Waals surface area contributed by atoms with Crippen LogP contribution in [0.1, 0.15) is 55.5 Å². The van der Waals surface area contributed by atoms with Crippen LogP contribution in [0.15, 0.2) is 115 Å². The van der Waals surface area contributed by atoms with Crippen molar-refractivity contribution < 1.29 is 14.4 Å². The van der Waals surface area contributed by atoms with Crippen LogP contribution in [0.5, 0.6) is 0 Å². The first-order valence-corrected chi connectivity index (χ1v) is 19.3. The molecule has 3 amide bonds. The minimum absolute atomic E-state index is 0.0190. The standard InChI is InChI=1S/C46H55N5O3/c1-36(52)48-29-31-49(32-30-48)42-22-17-40(18-23-42)35-51(44(53)24-19-37-15-20-41(21-16-37)46(2,3)4)43(33-38-11-7-5-8-12-38)45(54)50-27-25-47(26-28-50)34-39-13-9-6-10-14-39/h5-24,43H,25-35H2,1-4H3. The number of carbonyl (C=O) groups is 3. The highest BCUT2D eigenvalue weighted by Crippen LogP contribution is 2.24. The van der Waals surface area contributed by atoms with E-state index in [2.05, 4.69) is 91.2 Å². The molecule has 2 heterocycles. The summed E-state index contributed by atoms with van der Waals surface area (Å²) in [5.41, 5.74) is 6.52. The lowest BCUT2D eigenvalue weighted by Crippen LogP contribution is -2.56. The molecule has 8 heteroatoms. The Kier molecular flexibility index (Phi) is 12.7. The van der Waals surface area contributed by atoms with E-state index in [-0.39, 0.29) is 23.1 Å². The summed E-state index contributed by atoms with van der Waals surface area (Å²) in [5, 5.41) is 0. The first-order valence-electron chi connectivity index (χ1n) is 19.3. The van der Waals surface area contributed by atoms with E-state index < -0.39 is 6.04 Å². The zero-order valence-corrected chi connectivity index (χ0v) is 32.4. The first-order chi connectivity index (χ1) is 26.0. The summed E-state index contributed by atoms with van der Waals surface area (Å²) in [6.45, 7) is 15.1. The number of rotatable bonds is 11. The van der Waals surface area contributed by atoms with Gasteiger partial charge in [-0.3, -0.25) is 19.3 Å². The lowest BCUT2D eigenvalue weighted by atomic mass is 9.87. The predicted molar refractivity (Wildman–Crippen MR) is 218 cm³/mol. The van der Waals surface area contributed by atoms with E-state index >= 15 is 0 Å². The van der Waals surface area contributed by atoms with Crippen LogP contribution >= 0.6 is 0 Å². The van der Waals surface area contributed by atoms with E-state index in [0.717, 1.165) is 55.1 Å². The van der Waals surface area contributed by atoms with Crippen LogP contribution in [0.2, 0.25) is 0 Å². The lowest BCUT2D eigenvalue weighted by molar-refractivity contribution is -0.145. The molecular weight excluding hydrogens is 671 g/mol. The van der Waals surface area contributed by atoms with Gasteiger partial charge in [-0.1, -0.05) is 118 Å². The van der Waals surface area contributed by atoms with E-state index in [1.54, 1.807) is 17.9 Å². The number of amides is 3. The Labute approximate surface area is 321 Å². The second kappa shape index (κ2) is 17.7. The number of anilines is 1. The van der Waals surface area contributed by atoms with Crippen LogP contribution in [0.3, 0.4) is 0 Å². The molecule has 54 heavy (non-hydrogen) atoms. The van der Waals surface area contributed by atoms with Gasteiger partial charge < -0.3 is 19.6 Å². The van der Waals surface area contributed by atoms with Crippen molar-refractivity contribution in [2.24, 2.45) is 0 Å².